The number of carbonyl (C=O) groups excluding carboxylic acids is 1. The van der Waals surface area contributed by atoms with Crippen molar-refractivity contribution < 1.29 is 4.79 Å². The van der Waals surface area contributed by atoms with Gasteiger partial charge in [-0.05, 0) is 42.7 Å². The minimum absolute atomic E-state index is 0.0776. The third-order valence-electron chi connectivity index (χ3n) is 4.68. The first-order chi connectivity index (χ1) is 12.7. The Labute approximate surface area is 155 Å². The van der Waals surface area contributed by atoms with Crippen LogP contribution in [-0.4, -0.2) is 26.6 Å². The SMILES string of the molecule is CCC(C)N(Cc1ccccc1)C(=O)c1ccc(Cn2cccn2)cc1. The van der Waals surface area contributed by atoms with Crippen LogP contribution in [0.3, 0.4) is 0 Å². The van der Waals surface area contributed by atoms with Gasteiger partial charge in [-0.2, -0.15) is 5.10 Å². The number of carbonyl (C=O) groups is 1. The Kier molecular flexibility index (Phi) is 5.84. The van der Waals surface area contributed by atoms with E-state index in [9.17, 15) is 4.79 Å². The molecule has 0 saturated heterocycles. The van der Waals surface area contributed by atoms with E-state index in [0.29, 0.717) is 13.1 Å². The first kappa shape index (κ1) is 17.9. The lowest BCUT2D eigenvalue weighted by molar-refractivity contribution is 0.0671. The number of nitrogens with zero attached hydrogens (tertiary/aromatic N) is 3. The largest absolute Gasteiger partial charge is 0.332 e. The molecule has 0 aliphatic rings. The topological polar surface area (TPSA) is 38.1 Å². The van der Waals surface area contributed by atoms with Crippen LogP contribution in [0.5, 0.6) is 0 Å². The maximum Gasteiger partial charge on any atom is 0.254 e. The molecule has 134 valence electrons. The van der Waals surface area contributed by atoms with Gasteiger partial charge in [0.1, 0.15) is 0 Å². The van der Waals surface area contributed by atoms with Crippen molar-refractivity contribution in [3.05, 3.63) is 89.7 Å². The molecule has 0 saturated carbocycles. The molecule has 1 unspecified atom stereocenters. The summed E-state index contributed by atoms with van der Waals surface area (Å²) in [6.07, 6.45) is 4.63. The summed E-state index contributed by atoms with van der Waals surface area (Å²) >= 11 is 0. The van der Waals surface area contributed by atoms with Gasteiger partial charge in [-0.15, -0.1) is 0 Å². The molecule has 2 aromatic carbocycles. The predicted octanol–water partition coefficient (Wildman–Crippen LogP) is 4.37. The lowest BCUT2D eigenvalue weighted by Crippen LogP contribution is -2.37. The summed E-state index contributed by atoms with van der Waals surface area (Å²) in [6, 6.07) is 20.1. The molecule has 1 heterocycles. The van der Waals surface area contributed by atoms with Crippen LogP contribution < -0.4 is 0 Å². The number of rotatable bonds is 7. The molecule has 0 fully saturated rings. The first-order valence-corrected chi connectivity index (χ1v) is 9.08. The van der Waals surface area contributed by atoms with Crippen molar-refractivity contribution in [1.82, 2.24) is 14.7 Å². The lowest BCUT2D eigenvalue weighted by Gasteiger charge is -2.29. The molecule has 0 radical (unpaired) electrons. The quantitative estimate of drug-likeness (QED) is 0.636. The second-order valence-corrected chi connectivity index (χ2v) is 6.58. The third-order valence-corrected chi connectivity index (χ3v) is 4.68. The second-order valence-electron chi connectivity index (χ2n) is 6.58. The van der Waals surface area contributed by atoms with E-state index in [-0.39, 0.29) is 11.9 Å². The van der Waals surface area contributed by atoms with Gasteiger partial charge in [-0.3, -0.25) is 9.48 Å². The van der Waals surface area contributed by atoms with Gasteiger partial charge in [0.25, 0.3) is 5.91 Å². The van der Waals surface area contributed by atoms with Gasteiger partial charge >= 0.3 is 0 Å². The van der Waals surface area contributed by atoms with Crippen LogP contribution in [0.25, 0.3) is 0 Å². The molecule has 0 aliphatic heterocycles. The summed E-state index contributed by atoms with van der Waals surface area (Å²) < 4.78 is 1.87. The van der Waals surface area contributed by atoms with Crippen LogP contribution in [0.2, 0.25) is 0 Å². The zero-order chi connectivity index (χ0) is 18.4. The summed E-state index contributed by atoms with van der Waals surface area (Å²) in [5, 5.41) is 4.22. The monoisotopic (exact) mass is 347 g/mol. The minimum Gasteiger partial charge on any atom is -0.332 e. The van der Waals surface area contributed by atoms with E-state index in [0.717, 1.165) is 23.1 Å². The Morgan fingerprint density at radius 3 is 2.38 bits per heavy atom. The van der Waals surface area contributed by atoms with Crippen LogP contribution in [0.15, 0.2) is 73.1 Å². The van der Waals surface area contributed by atoms with Crippen molar-refractivity contribution in [3.63, 3.8) is 0 Å². The highest BCUT2D eigenvalue weighted by atomic mass is 16.2. The van der Waals surface area contributed by atoms with Crippen molar-refractivity contribution in [3.8, 4) is 0 Å². The number of amides is 1. The van der Waals surface area contributed by atoms with Crippen molar-refractivity contribution in [2.45, 2.75) is 39.4 Å². The fourth-order valence-electron chi connectivity index (χ4n) is 2.93. The van der Waals surface area contributed by atoms with Gasteiger partial charge in [-0.25, -0.2) is 0 Å². The van der Waals surface area contributed by atoms with Gasteiger partial charge in [-0.1, -0.05) is 49.4 Å². The second kappa shape index (κ2) is 8.48. The molecular weight excluding hydrogens is 322 g/mol. The summed E-state index contributed by atoms with van der Waals surface area (Å²) in [7, 11) is 0. The van der Waals surface area contributed by atoms with Gasteiger partial charge in [0.15, 0.2) is 0 Å². The van der Waals surface area contributed by atoms with E-state index in [1.807, 2.05) is 64.3 Å². The molecule has 1 aromatic heterocycles. The van der Waals surface area contributed by atoms with Crippen molar-refractivity contribution in [2.24, 2.45) is 0 Å². The molecule has 4 nitrogen and oxygen atoms in total. The average molecular weight is 347 g/mol. The minimum atomic E-state index is 0.0776. The van der Waals surface area contributed by atoms with Crippen LogP contribution >= 0.6 is 0 Å². The lowest BCUT2D eigenvalue weighted by atomic mass is 10.1. The standard InChI is InChI=1S/C22H25N3O/c1-3-18(2)25(17-19-8-5-4-6-9-19)22(26)21-12-10-20(11-13-21)16-24-15-7-14-23-24/h4-15,18H,3,16-17H2,1-2H3. The molecule has 0 bridgehead atoms. The van der Waals surface area contributed by atoms with E-state index in [1.54, 1.807) is 6.20 Å². The molecule has 3 rings (SSSR count). The Balaban J connectivity index is 1.75. The van der Waals surface area contributed by atoms with Crippen molar-refractivity contribution in [2.75, 3.05) is 0 Å². The highest BCUT2D eigenvalue weighted by Gasteiger charge is 2.20. The molecule has 0 spiro atoms. The van der Waals surface area contributed by atoms with Gasteiger partial charge in [0, 0.05) is 30.5 Å². The number of hydrogen-bond acceptors (Lipinski definition) is 2. The van der Waals surface area contributed by atoms with Crippen LogP contribution in [0.4, 0.5) is 0 Å². The Bertz CT molecular complexity index is 810. The zero-order valence-corrected chi connectivity index (χ0v) is 15.4. The average Bonchev–Trinajstić information content (AvgIpc) is 3.19. The van der Waals surface area contributed by atoms with E-state index in [4.69, 9.17) is 0 Å². The Hall–Kier alpha value is -2.88. The predicted molar refractivity (Wildman–Crippen MR) is 104 cm³/mol. The van der Waals surface area contributed by atoms with E-state index < -0.39 is 0 Å². The molecular formula is C22H25N3O. The van der Waals surface area contributed by atoms with Gasteiger partial charge < -0.3 is 4.90 Å². The van der Waals surface area contributed by atoms with E-state index >= 15 is 0 Å². The maximum atomic E-state index is 13.1. The number of benzene rings is 2. The number of aromatic nitrogens is 2. The highest BCUT2D eigenvalue weighted by molar-refractivity contribution is 5.94. The molecule has 1 amide bonds. The Morgan fingerprint density at radius 2 is 1.77 bits per heavy atom. The van der Waals surface area contributed by atoms with Gasteiger partial charge in [0.05, 0.1) is 6.54 Å². The van der Waals surface area contributed by atoms with Crippen molar-refractivity contribution >= 4 is 5.91 Å². The third kappa shape index (κ3) is 4.39. The smallest absolute Gasteiger partial charge is 0.254 e. The summed E-state index contributed by atoms with van der Waals surface area (Å²) in [5.41, 5.74) is 3.00. The zero-order valence-electron chi connectivity index (χ0n) is 15.4. The molecule has 0 aliphatic carbocycles. The van der Waals surface area contributed by atoms with Crippen LogP contribution in [0.1, 0.15) is 41.8 Å². The highest BCUT2D eigenvalue weighted by Crippen LogP contribution is 2.16. The van der Waals surface area contributed by atoms with Crippen LogP contribution in [0, 0.1) is 0 Å². The Morgan fingerprint density at radius 1 is 1.04 bits per heavy atom. The fourth-order valence-corrected chi connectivity index (χ4v) is 2.93. The van der Waals surface area contributed by atoms with Gasteiger partial charge in [0.2, 0.25) is 0 Å². The van der Waals surface area contributed by atoms with E-state index in [2.05, 4.69) is 31.1 Å². The summed E-state index contributed by atoms with van der Waals surface area (Å²) in [4.78, 5) is 15.0. The molecule has 1 atom stereocenters. The fraction of sp³-hybridized carbons (Fsp3) is 0.273. The molecule has 3 aromatic rings. The van der Waals surface area contributed by atoms with E-state index in [1.165, 1.54) is 0 Å². The summed E-state index contributed by atoms with van der Waals surface area (Å²) in [5.74, 6) is 0.0776. The normalized spacial score (nSPS) is 11.9. The molecule has 4 heteroatoms. The molecule has 0 N–H and O–H groups in total. The number of hydrogen-bond donors (Lipinski definition) is 0. The van der Waals surface area contributed by atoms with Crippen molar-refractivity contribution in [1.29, 1.82) is 0 Å². The van der Waals surface area contributed by atoms with Crippen LogP contribution in [-0.2, 0) is 13.1 Å². The molecule has 26 heavy (non-hydrogen) atoms. The maximum absolute atomic E-state index is 13.1. The summed E-state index contributed by atoms with van der Waals surface area (Å²) in [6.45, 7) is 5.56. The first-order valence-electron chi connectivity index (χ1n) is 9.08.